The fourth-order valence-corrected chi connectivity index (χ4v) is 3.79. The van der Waals surface area contributed by atoms with E-state index in [0.29, 0.717) is 12.4 Å². The van der Waals surface area contributed by atoms with Crippen molar-refractivity contribution < 1.29 is 22.7 Å². The Morgan fingerprint density at radius 2 is 1.87 bits per heavy atom. The van der Waals surface area contributed by atoms with Crippen LogP contribution in [0.3, 0.4) is 0 Å². The summed E-state index contributed by atoms with van der Waals surface area (Å²) in [4.78, 5) is 19.8. The van der Waals surface area contributed by atoms with Crippen LogP contribution in [0.1, 0.15) is 51.3 Å². The van der Waals surface area contributed by atoms with Crippen LogP contribution >= 0.6 is 0 Å². The third-order valence-corrected chi connectivity index (χ3v) is 5.82. The van der Waals surface area contributed by atoms with Gasteiger partial charge in [0, 0.05) is 17.4 Å². The van der Waals surface area contributed by atoms with E-state index >= 15 is 0 Å². The fourth-order valence-electron chi connectivity index (χ4n) is 3.79. The number of alkyl halides is 3. The Bertz CT molecular complexity index is 1180. The number of aryl methyl sites for hydroxylation is 1. The summed E-state index contributed by atoms with van der Waals surface area (Å²) in [6, 6.07) is 7.83. The average Bonchev–Trinajstić information content (AvgIpc) is 2.89. The topological polar surface area (TPSA) is 76.1 Å². The minimum Gasteiger partial charge on any atom is -0.490 e. The Hall–Kier alpha value is -3.72. The predicted molar refractivity (Wildman–Crippen MR) is 151 cm³/mol. The molecule has 0 atom stereocenters. The van der Waals surface area contributed by atoms with Crippen LogP contribution in [-0.2, 0) is 4.79 Å². The molecule has 3 rings (SSSR count). The maximum atomic E-state index is 12.3. The standard InChI is InChI=1S/C20H24N4O2.C10H13F3/c1-14(25)3-4-16-13-22-20(23-15(16)2)24-17-5-7-18(8-6-17)26-19-9-11-21-12-10-19;1-4-7-8(5-2)9(6-3)10(11,12)13/h3-8,13,19,21H,9-12H2,1-2H3,(H,22,23,24);4,6-7H,3,5H2,1-2H3/b4-3-;7-4-,9-8+. The van der Waals surface area contributed by atoms with Gasteiger partial charge in [-0.25, -0.2) is 9.97 Å². The molecule has 1 saturated heterocycles. The van der Waals surface area contributed by atoms with E-state index in [4.69, 9.17) is 4.74 Å². The summed E-state index contributed by atoms with van der Waals surface area (Å²) in [6.07, 6.45) is 7.29. The molecule has 0 aliphatic carbocycles. The number of ether oxygens (including phenoxy) is 1. The number of aromatic nitrogens is 2. The van der Waals surface area contributed by atoms with Gasteiger partial charge in [-0.2, -0.15) is 13.2 Å². The van der Waals surface area contributed by atoms with Crippen LogP contribution in [0.5, 0.6) is 5.75 Å². The van der Waals surface area contributed by atoms with Crippen LogP contribution in [0.4, 0.5) is 24.8 Å². The first-order valence-corrected chi connectivity index (χ1v) is 12.9. The zero-order valence-electron chi connectivity index (χ0n) is 22.9. The molecule has 9 heteroatoms. The summed E-state index contributed by atoms with van der Waals surface area (Å²) >= 11 is 0. The van der Waals surface area contributed by atoms with Gasteiger partial charge in [-0.1, -0.05) is 31.7 Å². The number of allylic oxidation sites excluding steroid dienone is 6. The molecule has 39 heavy (non-hydrogen) atoms. The van der Waals surface area contributed by atoms with E-state index in [1.165, 1.54) is 19.1 Å². The highest BCUT2D eigenvalue weighted by Crippen LogP contribution is 2.30. The molecule has 1 aromatic heterocycles. The molecule has 1 aliphatic rings. The molecule has 0 spiro atoms. The maximum Gasteiger partial charge on any atom is 0.416 e. The van der Waals surface area contributed by atoms with E-state index in [1.54, 1.807) is 32.2 Å². The second-order valence-corrected chi connectivity index (χ2v) is 8.89. The molecule has 2 aromatic rings. The zero-order valence-corrected chi connectivity index (χ0v) is 22.9. The van der Waals surface area contributed by atoms with Crippen LogP contribution in [0.15, 0.2) is 72.5 Å². The number of piperidine rings is 1. The predicted octanol–water partition coefficient (Wildman–Crippen LogP) is 7.28. The zero-order chi connectivity index (χ0) is 28.8. The number of nitrogens with one attached hydrogen (secondary N) is 2. The van der Waals surface area contributed by atoms with Gasteiger partial charge in [0.1, 0.15) is 11.9 Å². The van der Waals surface area contributed by atoms with E-state index in [0.717, 1.165) is 54.7 Å². The van der Waals surface area contributed by atoms with Crippen molar-refractivity contribution in [3.63, 3.8) is 0 Å². The van der Waals surface area contributed by atoms with E-state index in [-0.39, 0.29) is 17.5 Å². The molecule has 210 valence electrons. The molecule has 0 unspecified atom stereocenters. The molecule has 6 nitrogen and oxygen atoms in total. The molecular weight excluding hydrogens is 505 g/mol. The number of rotatable bonds is 9. The van der Waals surface area contributed by atoms with Crippen molar-refractivity contribution in [1.82, 2.24) is 15.3 Å². The molecular formula is C30H37F3N4O2. The van der Waals surface area contributed by atoms with Crippen LogP contribution < -0.4 is 15.4 Å². The van der Waals surface area contributed by atoms with Gasteiger partial charge < -0.3 is 15.4 Å². The summed E-state index contributed by atoms with van der Waals surface area (Å²) in [6.45, 7) is 12.0. The highest BCUT2D eigenvalue weighted by Gasteiger charge is 2.33. The van der Waals surface area contributed by atoms with E-state index in [9.17, 15) is 18.0 Å². The number of carbonyl (C=O) groups excluding carboxylic acids is 1. The minimum absolute atomic E-state index is 0.00148. The van der Waals surface area contributed by atoms with Crippen molar-refractivity contribution in [2.75, 3.05) is 18.4 Å². The smallest absolute Gasteiger partial charge is 0.416 e. The molecule has 1 aromatic carbocycles. The summed E-state index contributed by atoms with van der Waals surface area (Å²) < 4.78 is 43.0. The van der Waals surface area contributed by atoms with Gasteiger partial charge in [-0.15, -0.1) is 0 Å². The number of hydrogen-bond acceptors (Lipinski definition) is 6. The molecule has 2 heterocycles. The molecule has 1 fully saturated rings. The third-order valence-electron chi connectivity index (χ3n) is 5.82. The Morgan fingerprint density at radius 3 is 2.38 bits per heavy atom. The third kappa shape index (κ3) is 10.9. The second-order valence-electron chi connectivity index (χ2n) is 8.89. The largest absolute Gasteiger partial charge is 0.490 e. The number of benzene rings is 1. The molecule has 0 amide bonds. The SMILES string of the molecule is C=C/C(=C(\C=C/C)CC)C(F)(F)F.CC(=O)/C=C\c1cnc(Nc2ccc(OC3CCNCC3)cc2)nc1C. The Kier molecular flexibility index (Phi) is 12.6. The quantitative estimate of drug-likeness (QED) is 0.256. The van der Waals surface area contributed by atoms with Crippen molar-refractivity contribution in [3.8, 4) is 5.75 Å². The van der Waals surface area contributed by atoms with Gasteiger partial charge in [-0.05, 0) is 95.1 Å². The number of nitrogens with zero attached hydrogens (tertiary/aromatic N) is 2. The van der Waals surface area contributed by atoms with Gasteiger partial charge in [0.05, 0.1) is 11.3 Å². The molecule has 2 N–H and O–H groups in total. The summed E-state index contributed by atoms with van der Waals surface area (Å²) in [5.74, 6) is 1.40. The number of carbonyl (C=O) groups is 1. The minimum atomic E-state index is -4.30. The lowest BCUT2D eigenvalue weighted by atomic mass is 10.0. The Labute approximate surface area is 228 Å². The van der Waals surface area contributed by atoms with Crippen LogP contribution in [0.25, 0.3) is 6.08 Å². The molecule has 0 radical (unpaired) electrons. The van der Waals surface area contributed by atoms with Gasteiger partial charge >= 0.3 is 6.18 Å². The van der Waals surface area contributed by atoms with E-state index in [1.807, 2.05) is 31.2 Å². The first kappa shape index (κ1) is 31.5. The first-order chi connectivity index (χ1) is 18.6. The van der Waals surface area contributed by atoms with E-state index < -0.39 is 11.7 Å². The van der Waals surface area contributed by atoms with E-state index in [2.05, 4.69) is 27.2 Å². The van der Waals surface area contributed by atoms with Gasteiger partial charge in [0.25, 0.3) is 0 Å². The van der Waals surface area contributed by atoms with Gasteiger partial charge in [-0.3, -0.25) is 4.79 Å². The number of halogens is 3. The summed E-state index contributed by atoms with van der Waals surface area (Å²) in [5.41, 5.74) is 2.16. The normalized spacial score (nSPS) is 14.9. The van der Waals surface area contributed by atoms with Crippen molar-refractivity contribution in [2.24, 2.45) is 0 Å². The molecule has 1 aliphatic heterocycles. The average molecular weight is 543 g/mol. The van der Waals surface area contributed by atoms with Crippen molar-refractivity contribution in [1.29, 1.82) is 0 Å². The monoisotopic (exact) mass is 542 g/mol. The van der Waals surface area contributed by atoms with Crippen molar-refractivity contribution in [2.45, 2.75) is 59.2 Å². The number of anilines is 2. The lowest BCUT2D eigenvalue weighted by molar-refractivity contribution is -0.112. The van der Waals surface area contributed by atoms with Crippen molar-refractivity contribution in [3.05, 3.63) is 83.7 Å². The van der Waals surface area contributed by atoms with Crippen LogP contribution in [-0.4, -0.2) is 41.1 Å². The van der Waals surface area contributed by atoms with Crippen molar-refractivity contribution >= 4 is 23.5 Å². The number of ketones is 1. The molecule has 0 saturated carbocycles. The Morgan fingerprint density at radius 1 is 1.21 bits per heavy atom. The second kappa shape index (κ2) is 15.6. The lowest BCUT2D eigenvalue weighted by Crippen LogP contribution is -2.34. The lowest BCUT2D eigenvalue weighted by Gasteiger charge is -2.23. The van der Waals surface area contributed by atoms with Crippen LogP contribution in [0, 0.1) is 6.92 Å². The number of hydrogen-bond donors (Lipinski definition) is 2. The Balaban J connectivity index is 0.000000349. The van der Waals surface area contributed by atoms with Gasteiger partial charge in [0.2, 0.25) is 5.95 Å². The molecule has 0 bridgehead atoms. The summed E-state index contributed by atoms with van der Waals surface area (Å²) in [5, 5.41) is 6.52. The first-order valence-electron chi connectivity index (χ1n) is 12.9. The fraction of sp³-hybridized carbons (Fsp3) is 0.367. The highest BCUT2D eigenvalue weighted by atomic mass is 19.4. The van der Waals surface area contributed by atoms with Crippen LogP contribution in [0.2, 0.25) is 0 Å². The summed E-state index contributed by atoms with van der Waals surface area (Å²) in [7, 11) is 0. The van der Waals surface area contributed by atoms with Gasteiger partial charge in [0.15, 0.2) is 5.78 Å². The maximum absolute atomic E-state index is 12.3. The highest BCUT2D eigenvalue weighted by molar-refractivity contribution is 5.91.